The van der Waals surface area contributed by atoms with Crippen LogP contribution in [0.2, 0.25) is 0 Å². The highest BCUT2D eigenvalue weighted by Crippen LogP contribution is 2.56. The Labute approximate surface area is 208 Å². The van der Waals surface area contributed by atoms with Gasteiger partial charge in [0.2, 0.25) is 0 Å². The van der Waals surface area contributed by atoms with E-state index >= 15 is 0 Å². The molecule has 3 aliphatic rings. The van der Waals surface area contributed by atoms with Gasteiger partial charge in [-0.1, -0.05) is 31.4 Å². The van der Waals surface area contributed by atoms with E-state index in [0.29, 0.717) is 5.75 Å². The van der Waals surface area contributed by atoms with Crippen LogP contribution in [0.1, 0.15) is 89.7 Å². The highest BCUT2D eigenvalue weighted by atomic mass is 31.2. The van der Waals surface area contributed by atoms with Gasteiger partial charge in [0, 0.05) is 17.4 Å². The lowest BCUT2D eigenvalue weighted by Crippen LogP contribution is -2.45. The van der Waals surface area contributed by atoms with Crippen molar-refractivity contribution in [1.82, 2.24) is 12.3 Å². The van der Waals surface area contributed by atoms with E-state index in [1.807, 2.05) is 6.07 Å². The smallest absolute Gasteiger partial charge is 0.470 e. The second kappa shape index (κ2) is 10.7. The average molecular weight is 513 g/mol. The number of fused-ring (bicyclic) bond motifs is 3. The number of ether oxygens (including phenoxy) is 2. The van der Waals surface area contributed by atoms with E-state index in [4.69, 9.17) is 14.0 Å². The fourth-order valence-electron chi connectivity index (χ4n) is 5.28. The van der Waals surface area contributed by atoms with E-state index < -0.39 is 19.4 Å². The molecule has 1 fully saturated rings. The molecular weight excluding hydrogens is 471 g/mol. The zero-order chi connectivity index (χ0) is 24.0. The Kier molecular flexibility index (Phi) is 9.02. The molecule has 0 radical (unpaired) electrons. The van der Waals surface area contributed by atoms with Gasteiger partial charge in [-0.3, -0.25) is 4.52 Å². The maximum Gasteiger partial charge on any atom is 0.470 e. The molecule has 0 bridgehead atoms. The van der Waals surface area contributed by atoms with Crippen LogP contribution < -0.4 is 21.8 Å². The third-order valence-corrected chi connectivity index (χ3v) is 7.78. The Morgan fingerprint density at radius 3 is 2.49 bits per heavy atom. The van der Waals surface area contributed by atoms with Crippen LogP contribution in [0.3, 0.4) is 0 Å². The van der Waals surface area contributed by atoms with E-state index in [1.165, 1.54) is 5.57 Å². The zero-order valence-electron chi connectivity index (χ0n) is 21.3. The summed E-state index contributed by atoms with van der Waals surface area (Å²) in [6, 6.07) is 3.99. The predicted octanol–water partition coefficient (Wildman–Crippen LogP) is 5.90. The van der Waals surface area contributed by atoms with Crippen LogP contribution in [0.15, 0.2) is 23.8 Å². The van der Waals surface area contributed by atoms with Gasteiger partial charge in [-0.05, 0) is 77.0 Å². The van der Waals surface area contributed by atoms with Crippen molar-refractivity contribution in [2.45, 2.75) is 96.2 Å². The van der Waals surface area contributed by atoms with Crippen molar-refractivity contribution in [3.63, 3.8) is 0 Å². The summed E-state index contributed by atoms with van der Waals surface area (Å²) in [5.74, 6) is 0.805. The van der Waals surface area contributed by atoms with Gasteiger partial charge in [-0.2, -0.15) is 0 Å². The third-order valence-electron chi connectivity index (χ3n) is 7.19. The number of benzene rings is 1. The molecule has 1 saturated carbocycles. The van der Waals surface area contributed by atoms with Crippen molar-refractivity contribution < 1.29 is 33.1 Å². The summed E-state index contributed by atoms with van der Waals surface area (Å²) in [7, 11) is -4.82. The molecule has 1 aromatic rings. The lowest BCUT2D eigenvalue weighted by atomic mass is 9.67. The molecular formula is C25H41N2O7P. The van der Waals surface area contributed by atoms with Crippen molar-refractivity contribution in [3.8, 4) is 11.5 Å². The SMILES string of the molecule is CCCCCc1cc(OC(=O)C2(OP(=O)(O)O)CC2)c2c(c1)OC(C)(C)[C@@H]1CC=C(C)C[C@@H]21.N.N. The number of hydrogen-bond donors (Lipinski definition) is 4. The van der Waals surface area contributed by atoms with Gasteiger partial charge in [-0.25, -0.2) is 9.36 Å². The summed E-state index contributed by atoms with van der Waals surface area (Å²) in [5.41, 5.74) is 1.28. The van der Waals surface area contributed by atoms with Crippen LogP contribution in [0.5, 0.6) is 11.5 Å². The van der Waals surface area contributed by atoms with Gasteiger partial charge in [0.1, 0.15) is 17.1 Å². The van der Waals surface area contributed by atoms with E-state index in [9.17, 15) is 19.1 Å². The molecule has 2 aliphatic carbocycles. The van der Waals surface area contributed by atoms with Crippen molar-refractivity contribution in [1.29, 1.82) is 0 Å². The second-order valence-corrected chi connectivity index (χ2v) is 11.5. The quantitative estimate of drug-likeness (QED) is 0.109. The van der Waals surface area contributed by atoms with Crippen molar-refractivity contribution in [2.75, 3.05) is 0 Å². The molecule has 1 heterocycles. The fraction of sp³-hybridized carbons (Fsp3) is 0.640. The molecule has 4 rings (SSSR count). The van der Waals surface area contributed by atoms with Crippen molar-refractivity contribution in [2.24, 2.45) is 5.92 Å². The summed E-state index contributed by atoms with van der Waals surface area (Å²) in [5, 5.41) is 0. The molecule has 10 heteroatoms. The van der Waals surface area contributed by atoms with E-state index in [1.54, 1.807) is 0 Å². The number of hydrogen-bond acceptors (Lipinski definition) is 7. The molecule has 9 nitrogen and oxygen atoms in total. The molecule has 0 amide bonds. The first kappa shape index (κ1) is 29.5. The Morgan fingerprint density at radius 2 is 1.89 bits per heavy atom. The number of carbonyl (C=O) groups excluding carboxylic acids is 1. The summed E-state index contributed by atoms with van der Waals surface area (Å²) >= 11 is 0. The Morgan fingerprint density at radius 1 is 1.20 bits per heavy atom. The molecule has 35 heavy (non-hydrogen) atoms. The van der Waals surface area contributed by atoms with Crippen LogP contribution >= 0.6 is 7.82 Å². The summed E-state index contributed by atoms with van der Waals surface area (Å²) in [4.78, 5) is 31.6. The number of phosphoric acid groups is 1. The Hall–Kier alpha value is -1.74. The average Bonchev–Trinajstić information content (AvgIpc) is 3.46. The Balaban J connectivity index is 0.00000216. The van der Waals surface area contributed by atoms with Crippen LogP contribution in [0, 0.1) is 5.92 Å². The summed E-state index contributed by atoms with van der Waals surface area (Å²) in [6.45, 7) is 8.51. The molecule has 1 aromatic carbocycles. The van der Waals surface area contributed by atoms with Gasteiger partial charge in [0.25, 0.3) is 0 Å². The molecule has 198 valence electrons. The summed E-state index contributed by atoms with van der Waals surface area (Å²) < 4.78 is 28.6. The van der Waals surface area contributed by atoms with Crippen molar-refractivity contribution in [3.05, 3.63) is 34.9 Å². The van der Waals surface area contributed by atoms with Gasteiger partial charge in [-0.15, -0.1) is 0 Å². The highest BCUT2D eigenvalue weighted by molar-refractivity contribution is 7.46. The lowest BCUT2D eigenvalue weighted by Gasteiger charge is -2.47. The first-order valence-electron chi connectivity index (χ1n) is 11.9. The van der Waals surface area contributed by atoms with Gasteiger partial charge < -0.3 is 31.6 Å². The number of rotatable bonds is 8. The Bertz CT molecular complexity index is 1010. The van der Waals surface area contributed by atoms with Crippen molar-refractivity contribution >= 4 is 13.8 Å². The number of carbonyl (C=O) groups is 1. The van der Waals surface area contributed by atoms with Gasteiger partial charge >= 0.3 is 13.8 Å². The first-order valence-corrected chi connectivity index (χ1v) is 13.5. The molecule has 2 atom stereocenters. The number of allylic oxidation sites excluding steroid dienone is 2. The first-order chi connectivity index (χ1) is 15.4. The normalized spacial score (nSPS) is 23.3. The molecule has 1 aliphatic heterocycles. The number of unbranched alkanes of at least 4 members (excludes halogenated alkanes) is 2. The second-order valence-electron chi connectivity index (χ2n) is 10.3. The number of phosphoric ester groups is 1. The van der Waals surface area contributed by atoms with Crippen LogP contribution in [-0.2, 0) is 20.3 Å². The predicted molar refractivity (Wildman–Crippen MR) is 134 cm³/mol. The molecule has 8 N–H and O–H groups in total. The molecule has 0 aromatic heterocycles. The zero-order valence-corrected chi connectivity index (χ0v) is 22.2. The number of esters is 1. The molecule has 0 unspecified atom stereocenters. The van der Waals surface area contributed by atoms with E-state index in [0.717, 1.165) is 55.4 Å². The monoisotopic (exact) mass is 512 g/mol. The van der Waals surface area contributed by atoms with Crippen LogP contribution in [0.4, 0.5) is 0 Å². The topological polar surface area (TPSA) is 172 Å². The standard InChI is InChI=1S/C25H35O7P.2H3N/c1-5-6-7-8-17-14-20(30-23(26)25(11-12-25)32-33(27,28)29)22-18-13-16(2)9-10-19(18)24(3,4)31-21(22)15-17;;/h9,14-15,18-19H,5-8,10-13H2,1-4H3,(H2,27,28,29);2*1H3/t18-,19-;;/m1../s1. The highest BCUT2D eigenvalue weighted by Gasteiger charge is 2.57. The van der Waals surface area contributed by atoms with Gasteiger partial charge in [0.15, 0.2) is 5.60 Å². The number of aryl methyl sites for hydroxylation is 1. The minimum absolute atomic E-state index is 0. The largest absolute Gasteiger partial charge is 0.487 e. The van der Waals surface area contributed by atoms with E-state index in [2.05, 4.69) is 39.8 Å². The summed E-state index contributed by atoms with van der Waals surface area (Å²) in [6.07, 6.45) is 8.53. The maximum absolute atomic E-state index is 13.0. The third kappa shape index (κ3) is 6.34. The van der Waals surface area contributed by atoms with Gasteiger partial charge in [0.05, 0.1) is 0 Å². The van der Waals surface area contributed by atoms with E-state index in [-0.39, 0.29) is 42.6 Å². The minimum atomic E-state index is -4.82. The molecule has 0 spiro atoms. The molecule has 0 saturated heterocycles. The maximum atomic E-state index is 13.0. The van der Waals surface area contributed by atoms with Crippen LogP contribution in [-0.4, -0.2) is 27.0 Å². The lowest BCUT2D eigenvalue weighted by molar-refractivity contribution is -0.145. The minimum Gasteiger partial charge on any atom is -0.487 e. The fourth-order valence-corrected chi connectivity index (χ4v) is 5.99. The van der Waals surface area contributed by atoms with Crippen LogP contribution in [0.25, 0.3) is 0 Å².